The minimum Gasteiger partial charge on any atom is -0.417 e. The molecule has 2 aromatic heterocycles. The van der Waals surface area contributed by atoms with Crippen molar-refractivity contribution in [3.05, 3.63) is 83.4 Å². The zero-order chi connectivity index (χ0) is 30.1. The summed E-state index contributed by atoms with van der Waals surface area (Å²) < 4.78 is 46.5. The molecule has 0 saturated carbocycles. The fourth-order valence-corrected chi connectivity index (χ4v) is 5.06. The molecule has 0 bridgehead atoms. The maximum Gasteiger partial charge on any atom is 0.437 e. The maximum absolute atomic E-state index is 13.7. The van der Waals surface area contributed by atoms with Crippen molar-refractivity contribution in [3.8, 4) is 0 Å². The van der Waals surface area contributed by atoms with Crippen molar-refractivity contribution in [1.29, 1.82) is 0 Å². The lowest BCUT2D eigenvalue weighted by Crippen LogP contribution is -2.34. The number of oxazole rings is 1. The number of allylic oxidation sites excluding steroid dienone is 3. The Morgan fingerprint density at radius 2 is 1.93 bits per heavy atom. The summed E-state index contributed by atoms with van der Waals surface area (Å²) in [4.78, 5) is 35.4. The smallest absolute Gasteiger partial charge is 0.417 e. The largest absolute Gasteiger partial charge is 0.437 e. The van der Waals surface area contributed by atoms with Gasteiger partial charge in [-0.15, -0.1) is 0 Å². The molecule has 11 heteroatoms. The average Bonchev–Trinajstić information content (AvgIpc) is 3.42. The van der Waals surface area contributed by atoms with Gasteiger partial charge in [0.15, 0.2) is 5.69 Å². The Bertz CT molecular complexity index is 1540. The molecule has 1 aliphatic carbocycles. The number of aryl methyl sites for hydroxylation is 1. The maximum atomic E-state index is 13.7. The van der Waals surface area contributed by atoms with Crippen LogP contribution in [0.1, 0.15) is 60.5 Å². The van der Waals surface area contributed by atoms with Gasteiger partial charge in [0.05, 0.1) is 5.41 Å². The lowest BCUT2D eigenvalue weighted by molar-refractivity contribution is -0.141. The first-order valence-corrected chi connectivity index (χ1v) is 13.8. The number of carbonyl (C=O) groups is 2. The van der Waals surface area contributed by atoms with E-state index in [1.54, 1.807) is 11.0 Å². The van der Waals surface area contributed by atoms with Crippen molar-refractivity contribution < 1.29 is 27.2 Å². The van der Waals surface area contributed by atoms with Crippen LogP contribution in [-0.4, -0.2) is 34.9 Å². The molecule has 0 radical (unpaired) electrons. The molecule has 220 valence electrons. The number of aromatic nitrogens is 2. The number of pyridine rings is 1. The second-order valence-electron chi connectivity index (χ2n) is 11.1. The molecule has 3 heterocycles. The van der Waals surface area contributed by atoms with Crippen LogP contribution in [0, 0.1) is 18.3 Å². The Morgan fingerprint density at radius 3 is 2.57 bits per heavy atom. The Hall–Kier alpha value is -4.41. The van der Waals surface area contributed by atoms with Crippen LogP contribution < -0.4 is 15.5 Å². The summed E-state index contributed by atoms with van der Waals surface area (Å²) in [6, 6.07) is 10.5. The number of halogens is 3. The van der Waals surface area contributed by atoms with E-state index in [-0.39, 0.29) is 23.7 Å². The number of amides is 2. The number of nitrogens with one attached hydrogen (secondary N) is 2. The third kappa shape index (κ3) is 6.24. The lowest BCUT2D eigenvalue weighted by atomic mass is 9.80. The number of rotatable bonds is 6. The molecule has 42 heavy (non-hydrogen) atoms. The normalized spacial score (nSPS) is 20.7. The van der Waals surface area contributed by atoms with Crippen LogP contribution in [0.25, 0.3) is 5.57 Å². The van der Waals surface area contributed by atoms with E-state index in [9.17, 15) is 22.8 Å². The average molecular weight is 580 g/mol. The first-order chi connectivity index (χ1) is 19.9. The van der Waals surface area contributed by atoms with Gasteiger partial charge in [0.2, 0.25) is 11.7 Å². The van der Waals surface area contributed by atoms with Crippen molar-refractivity contribution >= 4 is 34.9 Å². The predicted molar refractivity (Wildman–Crippen MR) is 154 cm³/mol. The lowest BCUT2D eigenvalue weighted by Gasteiger charge is -2.29. The predicted octanol–water partition coefficient (Wildman–Crippen LogP) is 6.87. The van der Waals surface area contributed by atoms with Gasteiger partial charge in [0.25, 0.3) is 11.9 Å². The van der Waals surface area contributed by atoms with Crippen LogP contribution in [0.2, 0.25) is 0 Å². The SMILES string of the molecule is Cc1ccccc1NC(=O)C1(C)C=CC(c2ccc(NC(=O)c3oc(N4CCCC(C)C4)nc3C(F)(F)F)nc2)=CC1. The molecule has 2 aliphatic rings. The van der Waals surface area contributed by atoms with Gasteiger partial charge in [0.1, 0.15) is 5.82 Å². The van der Waals surface area contributed by atoms with Crippen molar-refractivity contribution in [1.82, 2.24) is 9.97 Å². The van der Waals surface area contributed by atoms with E-state index < -0.39 is 29.0 Å². The summed E-state index contributed by atoms with van der Waals surface area (Å²) in [6.45, 7) is 6.80. The molecule has 1 fully saturated rings. The molecule has 2 atom stereocenters. The van der Waals surface area contributed by atoms with Gasteiger partial charge in [-0.2, -0.15) is 18.2 Å². The highest BCUT2D eigenvalue weighted by Crippen LogP contribution is 2.36. The molecule has 1 aromatic carbocycles. The second-order valence-corrected chi connectivity index (χ2v) is 11.1. The fourth-order valence-electron chi connectivity index (χ4n) is 5.06. The molecular weight excluding hydrogens is 547 g/mol. The molecule has 3 aromatic rings. The standard InChI is InChI=1S/C31H32F3N5O3/c1-19-7-6-16-39(18-19)29-38-26(31(32,33)34)25(42-29)27(40)37-24-11-10-22(17-35-24)21-12-14-30(3,15-13-21)28(41)36-23-9-5-4-8-20(23)2/h4-5,8-14,17,19H,6-7,15-16,18H2,1-3H3,(H,36,41)(H,35,37,40). The number of benzene rings is 1. The number of hydrogen-bond acceptors (Lipinski definition) is 6. The topological polar surface area (TPSA) is 100 Å². The van der Waals surface area contributed by atoms with E-state index in [0.29, 0.717) is 19.5 Å². The monoisotopic (exact) mass is 579 g/mol. The van der Waals surface area contributed by atoms with Crippen molar-refractivity contribution in [2.45, 2.75) is 46.2 Å². The Labute approximate surface area is 241 Å². The number of carbonyl (C=O) groups excluding carboxylic acids is 2. The molecule has 8 nitrogen and oxygen atoms in total. The third-order valence-corrected chi connectivity index (χ3v) is 7.65. The number of para-hydroxylation sites is 1. The highest BCUT2D eigenvalue weighted by atomic mass is 19.4. The first-order valence-electron chi connectivity index (χ1n) is 13.8. The zero-order valence-corrected chi connectivity index (χ0v) is 23.6. The minimum atomic E-state index is -4.86. The van der Waals surface area contributed by atoms with Gasteiger partial charge in [0, 0.05) is 25.0 Å². The van der Waals surface area contributed by atoms with E-state index in [1.807, 2.05) is 63.3 Å². The Kier molecular flexibility index (Phi) is 7.94. The molecule has 5 rings (SSSR count). The van der Waals surface area contributed by atoms with Crippen LogP contribution in [0.5, 0.6) is 0 Å². The molecule has 2 N–H and O–H groups in total. The summed E-state index contributed by atoms with van der Waals surface area (Å²) in [5.41, 5.74) is 1.18. The summed E-state index contributed by atoms with van der Waals surface area (Å²) in [6.07, 6.45) is 4.48. The molecular formula is C31H32F3N5O3. The van der Waals surface area contributed by atoms with E-state index in [2.05, 4.69) is 20.6 Å². The van der Waals surface area contributed by atoms with Crippen LogP contribution in [0.3, 0.4) is 0 Å². The molecule has 0 spiro atoms. The summed E-state index contributed by atoms with van der Waals surface area (Å²) in [5, 5.41) is 5.38. The van der Waals surface area contributed by atoms with Gasteiger partial charge in [-0.1, -0.05) is 43.4 Å². The summed E-state index contributed by atoms with van der Waals surface area (Å²) in [5.74, 6) is -1.77. The van der Waals surface area contributed by atoms with Gasteiger partial charge in [-0.05, 0) is 73.9 Å². The summed E-state index contributed by atoms with van der Waals surface area (Å²) >= 11 is 0. The second kappa shape index (κ2) is 11.5. The fraction of sp³-hybridized carbons (Fsp3) is 0.355. The van der Waals surface area contributed by atoms with E-state index in [1.165, 1.54) is 12.3 Å². The van der Waals surface area contributed by atoms with Crippen molar-refractivity contribution in [2.24, 2.45) is 11.3 Å². The molecule has 2 amide bonds. The van der Waals surface area contributed by atoms with Crippen LogP contribution in [-0.2, 0) is 11.0 Å². The van der Waals surface area contributed by atoms with Gasteiger partial charge in [-0.3, -0.25) is 9.59 Å². The van der Waals surface area contributed by atoms with Crippen molar-refractivity contribution in [2.75, 3.05) is 28.6 Å². The zero-order valence-electron chi connectivity index (χ0n) is 23.6. The summed E-state index contributed by atoms with van der Waals surface area (Å²) in [7, 11) is 0. The highest BCUT2D eigenvalue weighted by molar-refractivity contribution is 6.03. The van der Waals surface area contributed by atoms with E-state index in [4.69, 9.17) is 4.42 Å². The third-order valence-electron chi connectivity index (χ3n) is 7.65. The highest BCUT2D eigenvalue weighted by Gasteiger charge is 2.42. The number of anilines is 3. The molecule has 2 unspecified atom stereocenters. The van der Waals surface area contributed by atoms with E-state index >= 15 is 0 Å². The van der Waals surface area contributed by atoms with Gasteiger partial charge >= 0.3 is 6.18 Å². The Morgan fingerprint density at radius 1 is 1.14 bits per heavy atom. The number of alkyl halides is 3. The van der Waals surface area contributed by atoms with Gasteiger partial charge < -0.3 is 20.0 Å². The van der Waals surface area contributed by atoms with E-state index in [0.717, 1.165) is 35.2 Å². The van der Waals surface area contributed by atoms with Crippen LogP contribution in [0.15, 0.2) is 65.2 Å². The quantitative estimate of drug-likeness (QED) is 0.331. The number of hydrogen-bond donors (Lipinski definition) is 2. The van der Waals surface area contributed by atoms with Crippen LogP contribution in [0.4, 0.5) is 30.7 Å². The molecule has 1 saturated heterocycles. The van der Waals surface area contributed by atoms with Crippen molar-refractivity contribution in [3.63, 3.8) is 0 Å². The van der Waals surface area contributed by atoms with Crippen LogP contribution >= 0.6 is 0 Å². The molecule has 1 aliphatic heterocycles. The number of nitrogens with zero attached hydrogens (tertiary/aromatic N) is 3. The Balaban J connectivity index is 1.26. The van der Waals surface area contributed by atoms with Gasteiger partial charge in [-0.25, -0.2) is 4.98 Å². The minimum absolute atomic E-state index is 0.0595. The first kappa shape index (κ1) is 29.1. The number of piperidine rings is 1.